The van der Waals surface area contributed by atoms with E-state index in [0.717, 1.165) is 11.1 Å². The van der Waals surface area contributed by atoms with Gasteiger partial charge in [0, 0.05) is 11.6 Å². The number of hydrogen-bond acceptors (Lipinski definition) is 2. The fraction of sp³-hybridized carbons (Fsp3) is 0.154. The van der Waals surface area contributed by atoms with Crippen LogP contribution in [-0.4, -0.2) is 5.91 Å². The minimum Gasteiger partial charge on any atom is -0.459 e. The topological polar surface area (TPSA) is 42.2 Å². The Hall–Kier alpha value is -1.74. The quantitative estimate of drug-likeness (QED) is 0.908. The molecule has 2 rings (SSSR count). The molecule has 0 atom stereocenters. The van der Waals surface area contributed by atoms with Crippen molar-refractivity contribution in [2.45, 2.75) is 13.5 Å². The van der Waals surface area contributed by atoms with Gasteiger partial charge in [-0.25, -0.2) is 0 Å². The number of amides is 1. The number of halogens is 1. The van der Waals surface area contributed by atoms with Crippen molar-refractivity contribution < 1.29 is 9.21 Å². The van der Waals surface area contributed by atoms with Crippen LogP contribution in [0.25, 0.3) is 0 Å². The Balaban J connectivity index is 1.99. The number of carbonyl (C=O) groups excluding carboxylic acids is 1. The predicted octanol–water partition coefficient (Wildman–Crippen LogP) is 3.17. The van der Waals surface area contributed by atoms with Gasteiger partial charge in [-0.1, -0.05) is 29.8 Å². The van der Waals surface area contributed by atoms with Crippen molar-refractivity contribution in [1.82, 2.24) is 5.32 Å². The molecule has 1 aromatic heterocycles. The minimum atomic E-state index is -0.238. The lowest BCUT2D eigenvalue weighted by atomic mass is 10.2. The van der Waals surface area contributed by atoms with Crippen molar-refractivity contribution in [2.24, 2.45) is 0 Å². The lowest BCUT2D eigenvalue weighted by Crippen LogP contribution is -2.22. The smallest absolute Gasteiger partial charge is 0.287 e. The van der Waals surface area contributed by atoms with Gasteiger partial charge in [0.2, 0.25) is 0 Å². The van der Waals surface area contributed by atoms with Gasteiger partial charge in [0.25, 0.3) is 5.91 Å². The molecule has 88 valence electrons. The summed E-state index contributed by atoms with van der Waals surface area (Å²) >= 11 is 5.98. The van der Waals surface area contributed by atoms with Gasteiger partial charge in [-0.15, -0.1) is 0 Å². The molecular formula is C13H12ClNO2. The number of rotatable bonds is 3. The first-order valence-electron chi connectivity index (χ1n) is 5.23. The molecule has 0 saturated carbocycles. The molecule has 0 radical (unpaired) electrons. The van der Waals surface area contributed by atoms with Crippen LogP contribution in [0.1, 0.15) is 21.7 Å². The van der Waals surface area contributed by atoms with Gasteiger partial charge in [0.15, 0.2) is 5.76 Å². The third-order valence-electron chi connectivity index (χ3n) is 2.35. The Morgan fingerprint density at radius 1 is 1.41 bits per heavy atom. The van der Waals surface area contributed by atoms with Crippen LogP contribution < -0.4 is 5.32 Å². The Bertz CT molecular complexity index is 534. The van der Waals surface area contributed by atoms with Gasteiger partial charge < -0.3 is 9.73 Å². The number of carbonyl (C=O) groups is 1. The highest BCUT2D eigenvalue weighted by molar-refractivity contribution is 6.31. The highest BCUT2D eigenvalue weighted by Gasteiger charge is 2.09. The molecule has 0 fully saturated rings. The highest BCUT2D eigenvalue weighted by atomic mass is 35.5. The number of furan rings is 1. The average Bonchev–Trinajstić information content (AvgIpc) is 2.74. The second-order valence-electron chi connectivity index (χ2n) is 3.76. The molecule has 17 heavy (non-hydrogen) atoms. The molecule has 2 aromatic rings. The van der Waals surface area contributed by atoms with E-state index in [9.17, 15) is 4.79 Å². The maximum absolute atomic E-state index is 11.7. The van der Waals surface area contributed by atoms with E-state index >= 15 is 0 Å². The zero-order valence-corrected chi connectivity index (χ0v) is 10.1. The zero-order valence-electron chi connectivity index (χ0n) is 9.37. The summed E-state index contributed by atoms with van der Waals surface area (Å²) in [7, 11) is 0. The van der Waals surface area contributed by atoms with Crippen molar-refractivity contribution in [3.8, 4) is 0 Å². The molecule has 0 aliphatic rings. The molecule has 1 heterocycles. The van der Waals surface area contributed by atoms with Crippen molar-refractivity contribution in [2.75, 3.05) is 0 Å². The van der Waals surface area contributed by atoms with E-state index in [1.807, 2.05) is 25.1 Å². The number of hydrogen-bond donors (Lipinski definition) is 1. The molecule has 0 saturated heterocycles. The van der Waals surface area contributed by atoms with E-state index in [4.69, 9.17) is 16.0 Å². The third-order valence-corrected chi connectivity index (χ3v) is 2.72. The van der Waals surface area contributed by atoms with Crippen molar-refractivity contribution in [3.05, 3.63) is 58.5 Å². The fourth-order valence-corrected chi connectivity index (χ4v) is 1.66. The van der Waals surface area contributed by atoms with E-state index in [2.05, 4.69) is 5.32 Å². The summed E-state index contributed by atoms with van der Waals surface area (Å²) in [6, 6.07) is 9.09. The molecule has 1 aromatic carbocycles. The van der Waals surface area contributed by atoms with Crippen LogP contribution in [0.2, 0.25) is 5.02 Å². The molecular weight excluding hydrogens is 238 g/mol. The molecule has 1 N–H and O–H groups in total. The number of nitrogens with one attached hydrogen (secondary N) is 1. The minimum absolute atomic E-state index is 0.238. The Morgan fingerprint density at radius 3 is 2.82 bits per heavy atom. The summed E-state index contributed by atoms with van der Waals surface area (Å²) in [6.45, 7) is 2.26. The number of aryl methyl sites for hydroxylation is 1. The van der Waals surface area contributed by atoms with Gasteiger partial charge in [-0.3, -0.25) is 4.79 Å². The van der Waals surface area contributed by atoms with Gasteiger partial charge in [0.1, 0.15) is 0 Å². The Kier molecular flexibility index (Phi) is 3.49. The first kappa shape index (κ1) is 11.7. The Morgan fingerprint density at radius 2 is 2.18 bits per heavy atom. The first-order chi connectivity index (χ1) is 8.16. The second kappa shape index (κ2) is 5.06. The molecule has 0 aliphatic heterocycles. The van der Waals surface area contributed by atoms with Crippen molar-refractivity contribution in [3.63, 3.8) is 0 Å². The fourth-order valence-electron chi connectivity index (χ4n) is 1.45. The lowest BCUT2D eigenvalue weighted by molar-refractivity contribution is 0.0923. The van der Waals surface area contributed by atoms with Crippen LogP contribution in [0.5, 0.6) is 0 Å². The average molecular weight is 250 g/mol. The van der Waals surface area contributed by atoms with Gasteiger partial charge >= 0.3 is 0 Å². The van der Waals surface area contributed by atoms with Gasteiger partial charge in [-0.2, -0.15) is 0 Å². The van der Waals surface area contributed by atoms with Crippen LogP contribution in [0, 0.1) is 6.92 Å². The standard InChI is InChI=1S/C13H12ClNO2/c1-9-6-12(17-8-9)13(16)15-7-10-4-2-3-5-11(10)14/h2-6,8H,7H2,1H3,(H,15,16). The summed E-state index contributed by atoms with van der Waals surface area (Å²) in [5.41, 5.74) is 1.80. The van der Waals surface area contributed by atoms with E-state index in [0.29, 0.717) is 17.3 Å². The summed E-state index contributed by atoms with van der Waals surface area (Å²) in [4.78, 5) is 11.7. The third kappa shape index (κ3) is 2.88. The lowest BCUT2D eigenvalue weighted by Gasteiger charge is -2.04. The normalized spacial score (nSPS) is 10.2. The zero-order chi connectivity index (χ0) is 12.3. The molecule has 0 spiro atoms. The number of benzene rings is 1. The van der Waals surface area contributed by atoms with Crippen LogP contribution in [-0.2, 0) is 6.54 Å². The van der Waals surface area contributed by atoms with Crippen LogP contribution in [0.3, 0.4) is 0 Å². The summed E-state index contributed by atoms with van der Waals surface area (Å²) in [5, 5.41) is 3.39. The highest BCUT2D eigenvalue weighted by Crippen LogP contribution is 2.14. The summed E-state index contributed by atoms with van der Waals surface area (Å²) in [5.74, 6) is 0.0765. The molecule has 0 bridgehead atoms. The van der Waals surface area contributed by atoms with E-state index < -0.39 is 0 Å². The Labute approximate surface area is 104 Å². The summed E-state index contributed by atoms with van der Waals surface area (Å²) in [6.07, 6.45) is 1.55. The van der Waals surface area contributed by atoms with E-state index in [1.54, 1.807) is 18.4 Å². The second-order valence-corrected chi connectivity index (χ2v) is 4.17. The van der Waals surface area contributed by atoms with Crippen molar-refractivity contribution in [1.29, 1.82) is 0 Å². The van der Waals surface area contributed by atoms with Gasteiger partial charge in [0.05, 0.1) is 6.26 Å². The first-order valence-corrected chi connectivity index (χ1v) is 5.61. The maximum atomic E-state index is 11.7. The van der Waals surface area contributed by atoms with Gasteiger partial charge in [-0.05, 0) is 30.2 Å². The van der Waals surface area contributed by atoms with Crippen LogP contribution in [0.4, 0.5) is 0 Å². The molecule has 1 amide bonds. The largest absolute Gasteiger partial charge is 0.459 e. The van der Waals surface area contributed by atoms with E-state index in [1.165, 1.54) is 0 Å². The van der Waals surface area contributed by atoms with E-state index in [-0.39, 0.29) is 5.91 Å². The molecule has 0 unspecified atom stereocenters. The monoisotopic (exact) mass is 249 g/mol. The SMILES string of the molecule is Cc1coc(C(=O)NCc2ccccc2Cl)c1. The molecule has 3 nitrogen and oxygen atoms in total. The molecule has 0 aliphatic carbocycles. The van der Waals surface area contributed by atoms with Crippen molar-refractivity contribution >= 4 is 17.5 Å². The van der Waals surface area contributed by atoms with Crippen LogP contribution >= 0.6 is 11.6 Å². The van der Waals surface area contributed by atoms with Crippen LogP contribution in [0.15, 0.2) is 41.0 Å². The summed E-state index contributed by atoms with van der Waals surface area (Å²) < 4.78 is 5.10. The maximum Gasteiger partial charge on any atom is 0.287 e. The predicted molar refractivity (Wildman–Crippen MR) is 66.1 cm³/mol. The molecule has 4 heteroatoms.